The molecule has 3 aromatic rings. The van der Waals surface area contributed by atoms with Crippen molar-refractivity contribution in [2.75, 3.05) is 18.0 Å². The molecule has 1 amide bonds. The summed E-state index contributed by atoms with van der Waals surface area (Å²) in [5.41, 5.74) is 3.91. The highest BCUT2D eigenvalue weighted by molar-refractivity contribution is 5.99. The van der Waals surface area contributed by atoms with E-state index in [1.54, 1.807) is 12.4 Å². The van der Waals surface area contributed by atoms with E-state index < -0.39 is 0 Å². The van der Waals surface area contributed by atoms with Gasteiger partial charge < -0.3 is 9.80 Å². The Balaban J connectivity index is 1.42. The number of anilines is 1. The van der Waals surface area contributed by atoms with Crippen molar-refractivity contribution in [3.05, 3.63) is 65.7 Å². The second-order valence-corrected chi connectivity index (χ2v) is 8.07. The van der Waals surface area contributed by atoms with E-state index in [-0.39, 0.29) is 18.0 Å². The predicted molar refractivity (Wildman–Crippen MR) is 114 cm³/mol. The highest BCUT2D eigenvalue weighted by Crippen LogP contribution is 2.34. The molecule has 7 heteroatoms. The third-order valence-corrected chi connectivity index (χ3v) is 5.92. The zero-order chi connectivity index (χ0) is 20.7. The molecule has 0 radical (unpaired) electrons. The van der Waals surface area contributed by atoms with Crippen LogP contribution in [-0.2, 0) is 0 Å². The SMILES string of the molecule is Cc1cc(C)nc(N2C3CCC2CN(C(=O)c2cccnc2-c2ccccn2)C3)n1. The number of carbonyl (C=O) groups is 1. The number of hydrogen-bond donors (Lipinski definition) is 0. The lowest BCUT2D eigenvalue weighted by Crippen LogP contribution is -2.56. The summed E-state index contributed by atoms with van der Waals surface area (Å²) in [5, 5.41) is 0. The van der Waals surface area contributed by atoms with E-state index in [9.17, 15) is 4.79 Å². The van der Waals surface area contributed by atoms with Crippen molar-refractivity contribution in [1.29, 1.82) is 0 Å². The van der Waals surface area contributed by atoms with Gasteiger partial charge in [-0.25, -0.2) is 9.97 Å². The number of pyridine rings is 2. The topological polar surface area (TPSA) is 75.1 Å². The lowest BCUT2D eigenvalue weighted by molar-refractivity contribution is 0.0717. The Morgan fingerprint density at radius 1 is 0.933 bits per heavy atom. The Hall–Kier alpha value is -3.35. The maximum Gasteiger partial charge on any atom is 0.256 e. The smallest absolute Gasteiger partial charge is 0.256 e. The minimum absolute atomic E-state index is 0.0154. The maximum atomic E-state index is 13.5. The predicted octanol–water partition coefficient (Wildman–Crippen LogP) is 3.04. The summed E-state index contributed by atoms with van der Waals surface area (Å²) in [6.07, 6.45) is 5.52. The molecule has 2 bridgehead atoms. The van der Waals surface area contributed by atoms with Crippen molar-refractivity contribution < 1.29 is 4.79 Å². The zero-order valence-electron chi connectivity index (χ0n) is 17.2. The van der Waals surface area contributed by atoms with E-state index in [0.29, 0.717) is 30.0 Å². The van der Waals surface area contributed by atoms with Crippen LogP contribution in [0.1, 0.15) is 34.6 Å². The Labute approximate surface area is 175 Å². The van der Waals surface area contributed by atoms with Gasteiger partial charge in [-0.15, -0.1) is 0 Å². The molecule has 152 valence electrons. The van der Waals surface area contributed by atoms with Gasteiger partial charge in [-0.2, -0.15) is 0 Å². The fourth-order valence-electron chi connectivity index (χ4n) is 4.67. The first-order chi connectivity index (χ1) is 14.6. The fraction of sp³-hybridized carbons (Fsp3) is 0.348. The molecule has 30 heavy (non-hydrogen) atoms. The summed E-state index contributed by atoms with van der Waals surface area (Å²) in [6.45, 7) is 5.34. The van der Waals surface area contributed by atoms with Crippen LogP contribution >= 0.6 is 0 Å². The third-order valence-electron chi connectivity index (χ3n) is 5.92. The first kappa shape index (κ1) is 18.7. The lowest BCUT2D eigenvalue weighted by atomic mass is 10.1. The zero-order valence-corrected chi connectivity index (χ0v) is 17.2. The summed E-state index contributed by atoms with van der Waals surface area (Å²) in [7, 11) is 0. The molecule has 2 unspecified atom stereocenters. The van der Waals surface area contributed by atoms with Crippen molar-refractivity contribution >= 4 is 11.9 Å². The molecule has 5 rings (SSSR count). The average molecular weight is 400 g/mol. The van der Waals surface area contributed by atoms with Gasteiger partial charge in [0.25, 0.3) is 5.91 Å². The summed E-state index contributed by atoms with van der Waals surface area (Å²) >= 11 is 0. The first-order valence-electron chi connectivity index (χ1n) is 10.4. The number of likely N-dealkylation sites (tertiary alicyclic amines) is 1. The van der Waals surface area contributed by atoms with Crippen molar-refractivity contribution in [1.82, 2.24) is 24.8 Å². The van der Waals surface area contributed by atoms with Crippen LogP contribution in [0.5, 0.6) is 0 Å². The van der Waals surface area contributed by atoms with Crippen LogP contribution in [0.15, 0.2) is 48.8 Å². The number of fused-ring (bicyclic) bond motifs is 2. The number of rotatable bonds is 3. The van der Waals surface area contributed by atoms with Crippen molar-refractivity contribution in [3.8, 4) is 11.4 Å². The largest absolute Gasteiger partial charge is 0.334 e. The van der Waals surface area contributed by atoms with Crippen LogP contribution in [0.2, 0.25) is 0 Å². The molecule has 2 aliphatic heterocycles. The van der Waals surface area contributed by atoms with Crippen LogP contribution in [0.3, 0.4) is 0 Å². The van der Waals surface area contributed by atoms with Gasteiger partial charge in [0.2, 0.25) is 5.95 Å². The number of hydrogen-bond acceptors (Lipinski definition) is 6. The molecule has 0 N–H and O–H groups in total. The molecule has 0 spiro atoms. The van der Waals surface area contributed by atoms with Crippen LogP contribution < -0.4 is 4.90 Å². The van der Waals surface area contributed by atoms with Gasteiger partial charge in [0, 0.05) is 49.0 Å². The monoisotopic (exact) mass is 400 g/mol. The molecule has 0 aliphatic carbocycles. The van der Waals surface area contributed by atoms with Crippen LogP contribution in [0.4, 0.5) is 5.95 Å². The van der Waals surface area contributed by atoms with E-state index in [4.69, 9.17) is 0 Å². The van der Waals surface area contributed by atoms with Gasteiger partial charge in [-0.1, -0.05) is 6.07 Å². The summed E-state index contributed by atoms with van der Waals surface area (Å²) in [4.78, 5) is 36.0. The summed E-state index contributed by atoms with van der Waals surface area (Å²) < 4.78 is 0. The molecule has 0 aromatic carbocycles. The van der Waals surface area contributed by atoms with Gasteiger partial charge in [0.05, 0.1) is 11.3 Å². The highest BCUT2D eigenvalue weighted by Gasteiger charge is 2.43. The van der Waals surface area contributed by atoms with Gasteiger partial charge in [0.1, 0.15) is 5.69 Å². The van der Waals surface area contributed by atoms with Crippen LogP contribution in [0, 0.1) is 13.8 Å². The third kappa shape index (κ3) is 3.30. The standard InChI is InChI=1S/C23H24N6O/c1-15-12-16(2)27-23(26-15)29-17-8-9-18(29)14-28(13-17)22(30)19-6-5-11-25-21(19)20-7-3-4-10-24-20/h3-7,10-12,17-18H,8-9,13-14H2,1-2H3. The van der Waals surface area contributed by atoms with E-state index in [2.05, 4.69) is 24.8 Å². The van der Waals surface area contributed by atoms with E-state index in [0.717, 1.165) is 30.2 Å². The molecule has 5 heterocycles. The van der Waals surface area contributed by atoms with Crippen LogP contribution in [0.25, 0.3) is 11.4 Å². The molecule has 3 aromatic heterocycles. The minimum Gasteiger partial charge on any atom is -0.334 e. The average Bonchev–Trinajstić information content (AvgIpc) is 3.02. The Morgan fingerprint density at radius 2 is 1.63 bits per heavy atom. The van der Waals surface area contributed by atoms with E-state index in [1.165, 1.54) is 0 Å². The number of nitrogens with zero attached hydrogens (tertiary/aromatic N) is 6. The van der Waals surface area contributed by atoms with E-state index in [1.807, 2.05) is 55.1 Å². The van der Waals surface area contributed by atoms with Gasteiger partial charge >= 0.3 is 0 Å². The van der Waals surface area contributed by atoms with Crippen molar-refractivity contribution in [3.63, 3.8) is 0 Å². The van der Waals surface area contributed by atoms with Crippen molar-refractivity contribution in [2.24, 2.45) is 0 Å². The molecule has 2 atom stereocenters. The van der Waals surface area contributed by atoms with Gasteiger partial charge in [-0.3, -0.25) is 14.8 Å². The second-order valence-electron chi connectivity index (χ2n) is 8.07. The van der Waals surface area contributed by atoms with Crippen molar-refractivity contribution in [2.45, 2.75) is 38.8 Å². The molecule has 0 saturated carbocycles. The summed E-state index contributed by atoms with van der Waals surface area (Å²) in [6, 6.07) is 11.8. The molecule has 7 nitrogen and oxygen atoms in total. The highest BCUT2D eigenvalue weighted by atomic mass is 16.2. The van der Waals surface area contributed by atoms with Gasteiger partial charge in [0.15, 0.2) is 0 Å². The number of aryl methyl sites for hydroxylation is 2. The Kier molecular flexibility index (Phi) is 4.65. The molecule has 2 aliphatic rings. The van der Waals surface area contributed by atoms with E-state index >= 15 is 0 Å². The fourth-order valence-corrected chi connectivity index (χ4v) is 4.67. The quantitative estimate of drug-likeness (QED) is 0.673. The summed E-state index contributed by atoms with van der Waals surface area (Å²) in [5.74, 6) is 0.810. The Morgan fingerprint density at radius 3 is 2.30 bits per heavy atom. The maximum absolute atomic E-state index is 13.5. The lowest BCUT2D eigenvalue weighted by Gasteiger charge is -2.41. The number of piperazine rings is 1. The molecular weight excluding hydrogens is 376 g/mol. The van der Waals surface area contributed by atoms with Crippen LogP contribution in [-0.4, -0.2) is 55.9 Å². The second kappa shape index (κ2) is 7.48. The molecule has 2 saturated heterocycles. The van der Waals surface area contributed by atoms with Gasteiger partial charge in [-0.05, 0) is 57.0 Å². The number of aromatic nitrogens is 4. The minimum atomic E-state index is 0.0154. The number of amides is 1. The Bertz CT molecular complexity index is 1050. The normalized spacial score (nSPS) is 20.5. The molecule has 2 fully saturated rings. The number of carbonyl (C=O) groups excluding carboxylic acids is 1. The first-order valence-corrected chi connectivity index (χ1v) is 10.4. The molecular formula is C23H24N6O.